The van der Waals surface area contributed by atoms with Gasteiger partial charge in [-0.2, -0.15) is 8.42 Å². The van der Waals surface area contributed by atoms with Crippen molar-refractivity contribution < 1.29 is 17.9 Å². The molecule has 1 N–H and O–H groups in total. The van der Waals surface area contributed by atoms with Crippen LogP contribution in [0, 0.1) is 0 Å². The van der Waals surface area contributed by atoms with Crippen LogP contribution in [0.25, 0.3) is 0 Å². The molecule has 1 atom stereocenters. The molecule has 4 rings (SSSR count). The summed E-state index contributed by atoms with van der Waals surface area (Å²) in [5.41, 5.74) is 1.47. The summed E-state index contributed by atoms with van der Waals surface area (Å²) in [6.07, 6.45) is 0.685. The first-order valence-electron chi connectivity index (χ1n) is 8.62. The third-order valence-electron chi connectivity index (χ3n) is 4.65. The molecule has 0 fully saturated rings. The Labute approximate surface area is 157 Å². The molecule has 7 nitrogen and oxygen atoms in total. The molecular weight excluding hydrogens is 366 g/mol. The van der Waals surface area contributed by atoms with Crippen LogP contribution in [0.5, 0.6) is 5.75 Å². The standard InChI is InChI=1S/C19H19N3O4S/c1-22(19-14-7-3-5-9-17(14)27(24,25)21-19)12-18(23)20-15-10-11-26-16-8-4-2-6-13(15)16/h2-9,15H,10-12H2,1H3,(H,20,23)/t15-/m1/s1. The third kappa shape index (κ3) is 3.28. The molecule has 140 valence electrons. The quantitative estimate of drug-likeness (QED) is 0.869. The molecule has 0 unspecified atom stereocenters. The van der Waals surface area contributed by atoms with Crippen molar-refractivity contribution in [1.82, 2.24) is 10.2 Å². The van der Waals surface area contributed by atoms with E-state index in [2.05, 4.69) is 9.71 Å². The monoisotopic (exact) mass is 385 g/mol. The summed E-state index contributed by atoms with van der Waals surface area (Å²) >= 11 is 0. The highest BCUT2D eigenvalue weighted by Crippen LogP contribution is 2.31. The summed E-state index contributed by atoms with van der Waals surface area (Å²) in [5.74, 6) is 0.861. The molecular formula is C19H19N3O4S. The van der Waals surface area contributed by atoms with Gasteiger partial charge in [-0.05, 0) is 18.2 Å². The first kappa shape index (κ1) is 17.5. The smallest absolute Gasteiger partial charge is 0.285 e. The molecule has 0 saturated heterocycles. The van der Waals surface area contributed by atoms with E-state index in [1.807, 2.05) is 24.3 Å². The predicted octanol–water partition coefficient (Wildman–Crippen LogP) is 1.71. The van der Waals surface area contributed by atoms with E-state index in [1.54, 1.807) is 30.1 Å². The molecule has 0 aliphatic carbocycles. The molecule has 27 heavy (non-hydrogen) atoms. The van der Waals surface area contributed by atoms with Crippen molar-refractivity contribution in [2.75, 3.05) is 20.2 Å². The zero-order chi connectivity index (χ0) is 19.0. The number of hydrogen-bond acceptors (Lipinski definition) is 5. The SMILES string of the molecule is CN(CC(=O)N[C@@H]1CCOc2ccccc21)C1=NS(=O)(=O)c2ccccc21. The van der Waals surface area contributed by atoms with Crippen molar-refractivity contribution in [2.45, 2.75) is 17.4 Å². The van der Waals surface area contributed by atoms with Crippen LogP contribution in [-0.2, 0) is 14.8 Å². The second-order valence-electron chi connectivity index (χ2n) is 6.54. The maximum Gasteiger partial charge on any atom is 0.285 e. The van der Waals surface area contributed by atoms with Crippen LogP contribution >= 0.6 is 0 Å². The number of carbonyl (C=O) groups excluding carboxylic acids is 1. The largest absolute Gasteiger partial charge is 0.493 e. The van der Waals surface area contributed by atoms with Gasteiger partial charge in [-0.25, -0.2) is 0 Å². The summed E-state index contributed by atoms with van der Waals surface area (Å²) in [4.78, 5) is 14.3. The first-order valence-corrected chi connectivity index (χ1v) is 10.1. The zero-order valence-corrected chi connectivity index (χ0v) is 15.6. The lowest BCUT2D eigenvalue weighted by molar-refractivity contribution is -0.122. The number of sulfonamides is 1. The highest BCUT2D eigenvalue weighted by atomic mass is 32.2. The first-order chi connectivity index (χ1) is 13.0. The molecule has 0 saturated carbocycles. The van der Waals surface area contributed by atoms with Crippen molar-refractivity contribution in [3.8, 4) is 5.75 Å². The third-order valence-corrected chi connectivity index (χ3v) is 5.97. The number of likely N-dealkylation sites (N-methyl/N-ethyl adjacent to an activating group) is 1. The molecule has 0 spiro atoms. The summed E-state index contributed by atoms with van der Waals surface area (Å²) in [6, 6.07) is 14.1. The lowest BCUT2D eigenvalue weighted by Crippen LogP contribution is -2.40. The molecule has 0 aromatic heterocycles. The number of nitrogens with one attached hydrogen (secondary N) is 1. The van der Waals surface area contributed by atoms with Gasteiger partial charge in [0.15, 0.2) is 5.84 Å². The lowest BCUT2D eigenvalue weighted by atomic mass is 10.0. The van der Waals surface area contributed by atoms with E-state index in [4.69, 9.17) is 4.74 Å². The van der Waals surface area contributed by atoms with Gasteiger partial charge in [-0.15, -0.1) is 4.40 Å². The Morgan fingerprint density at radius 1 is 1.22 bits per heavy atom. The van der Waals surface area contributed by atoms with Gasteiger partial charge in [0.25, 0.3) is 10.0 Å². The van der Waals surface area contributed by atoms with E-state index in [0.29, 0.717) is 18.6 Å². The number of para-hydroxylation sites is 1. The Kier molecular flexibility index (Phi) is 4.35. The van der Waals surface area contributed by atoms with Gasteiger partial charge in [0.1, 0.15) is 10.6 Å². The maximum absolute atomic E-state index is 12.6. The van der Waals surface area contributed by atoms with Crippen LogP contribution in [0.4, 0.5) is 0 Å². The summed E-state index contributed by atoms with van der Waals surface area (Å²) in [7, 11) is -2.04. The fourth-order valence-corrected chi connectivity index (χ4v) is 4.64. The van der Waals surface area contributed by atoms with E-state index in [1.165, 1.54) is 6.07 Å². The Balaban J connectivity index is 1.49. The molecule has 2 aliphatic heterocycles. The molecule has 2 aliphatic rings. The Hall–Kier alpha value is -2.87. The predicted molar refractivity (Wildman–Crippen MR) is 100 cm³/mol. The van der Waals surface area contributed by atoms with Gasteiger partial charge >= 0.3 is 0 Å². The molecule has 2 heterocycles. The Morgan fingerprint density at radius 2 is 1.96 bits per heavy atom. The minimum Gasteiger partial charge on any atom is -0.493 e. The van der Waals surface area contributed by atoms with Gasteiger partial charge in [0, 0.05) is 24.6 Å². The van der Waals surface area contributed by atoms with Crippen LogP contribution in [0.3, 0.4) is 0 Å². The van der Waals surface area contributed by atoms with Crippen LogP contribution in [0.2, 0.25) is 0 Å². The van der Waals surface area contributed by atoms with Crippen LogP contribution in [0.15, 0.2) is 57.8 Å². The number of rotatable bonds is 3. The highest BCUT2D eigenvalue weighted by molar-refractivity contribution is 7.90. The van der Waals surface area contributed by atoms with Crippen molar-refractivity contribution in [2.24, 2.45) is 4.40 Å². The Morgan fingerprint density at radius 3 is 2.81 bits per heavy atom. The van der Waals surface area contributed by atoms with Crippen LogP contribution in [0.1, 0.15) is 23.6 Å². The second-order valence-corrected chi connectivity index (χ2v) is 8.11. The van der Waals surface area contributed by atoms with Crippen molar-refractivity contribution in [3.63, 3.8) is 0 Å². The minimum atomic E-state index is -3.70. The number of hydrogen-bond donors (Lipinski definition) is 1. The number of amidine groups is 1. The van der Waals surface area contributed by atoms with Crippen LogP contribution < -0.4 is 10.1 Å². The average Bonchev–Trinajstić information content (AvgIpc) is 2.94. The number of nitrogens with zero attached hydrogens (tertiary/aromatic N) is 2. The van der Waals surface area contributed by atoms with E-state index < -0.39 is 10.0 Å². The van der Waals surface area contributed by atoms with E-state index in [-0.39, 0.29) is 29.2 Å². The maximum atomic E-state index is 12.6. The highest BCUT2D eigenvalue weighted by Gasteiger charge is 2.31. The minimum absolute atomic E-state index is 0.00219. The number of benzene rings is 2. The van der Waals surface area contributed by atoms with Crippen molar-refractivity contribution >= 4 is 21.8 Å². The number of ether oxygens (including phenoxy) is 1. The zero-order valence-electron chi connectivity index (χ0n) is 14.8. The normalized spacial score (nSPS) is 19.3. The number of fused-ring (bicyclic) bond motifs is 2. The van der Waals surface area contributed by atoms with Gasteiger partial charge in [0.2, 0.25) is 5.91 Å². The van der Waals surface area contributed by atoms with Crippen LogP contribution in [-0.4, -0.2) is 45.3 Å². The number of amides is 1. The van der Waals surface area contributed by atoms with Crippen molar-refractivity contribution in [1.29, 1.82) is 0 Å². The molecule has 1 amide bonds. The van der Waals surface area contributed by atoms with E-state index >= 15 is 0 Å². The summed E-state index contributed by atoms with van der Waals surface area (Å²) in [5, 5.41) is 3.01. The van der Waals surface area contributed by atoms with E-state index in [0.717, 1.165) is 11.3 Å². The van der Waals surface area contributed by atoms with Gasteiger partial charge in [-0.1, -0.05) is 30.3 Å². The number of carbonyl (C=O) groups is 1. The molecule has 2 aromatic rings. The molecule has 0 radical (unpaired) electrons. The van der Waals surface area contributed by atoms with Gasteiger partial charge in [-0.3, -0.25) is 4.79 Å². The van der Waals surface area contributed by atoms with Crippen molar-refractivity contribution in [3.05, 3.63) is 59.7 Å². The summed E-state index contributed by atoms with van der Waals surface area (Å²) in [6.45, 7) is 0.540. The average molecular weight is 385 g/mol. The van der Waals surface area contributed by atoms with Gasteiger partial charge < -0.3 is 15.0 Å². The van der Waals surface area contributed by atoms with E-state index in [9.17, 15) is 13.2 Å². The fraction of sp³-hybridized carbons (Fsp3) is 0.263. The van der Waals surface area contributed by atoms with Gasteiger partial charge in [0.05, 0.1) is 19.2 Å². The topological polar surface area (TPSA) is 88.1 Å². The Bertz CT molecular complexity index is 1030. The molecule has 2 aromatic carbocycles. The lowest BCUT2D eigenvalue weighted by Gasteiger charge is -2.27. The second kappa shape index (κ2) is 6.70. The summed E-state index contributed by atoms with van der Waals surface area (Å²) < 4.78 is 33.8. The molecule has 8 heteroatoms. The molecule has 0 bridgehead atoms. The fourth-order valence-electron chi connectivity index (χ4n) is 3.39.